The maximum atomic E-state index is 13.8. The van der Waals surface area contributed by atoms with E-state index >= 15 is 0 Å². The fraction of sp³-hybridized carbons (Fsp3) is 0.500. The van der Waals surface area contributed by atoms with Crippen LogP contribution in [0.4, 0.5) is 13.2 Å². The molecule has 1 aromatic heterocycles. The Labute approximate surface area is 174 Å². The summed E-state index contributed by atoms with van der Waals surface area (Å²) in [6.45, 7) is 5.88. The van der Waals surface area contributed by atoms with Gasteiger partial charge in [0.25, 0.3) is 5.91 Å². The quantitative estimate of drug-likeness (QED) is 0.803. The minimum Gasteiger partial charge on any atom is -0.338 e. The van der Waals surface area contributed by atoms with Crippen LogP contribution in [-0.2, 0) is 11.7 Å². The summed E-state index contributed by atoms with van der Waals surface area (Å²) in [6, 6.07) is 9.63. The molecular formula is C20H26ClF3N4O. The summed E-state index contributed by atoms with van der Waals surface area (Å²) in [5.41, 5.74) is 4.61. The van der Waals surface area contributed by atoms with Crippen LogP contribution in [0.2, 0.25) is 0 Å². The van der Waals surface area contributed by atoms with Crippen molar-refractivity contribution in [3.8, 4) is 0 Å². The number of amides is 1. The normalized spacial score (nSPS) is 19.9. The molecule has 1 fully saturated rings. The molecule has 1 aliphatic heterocycles. The van der Waals surface area contributed by atoms with Gasteiger partial charge in [-0.3, -0.25) is 9.48 Å². The van der Waals surface area contributed by atoms with Crippen molar-refractivity contribution >= 4 is 18.3 Å². The van der Waals surface area contributed by atoms with Gasteiger partial charge in [0, 0.05) is 19.0 Å². The molecule has 9 heteroatoms. The molecule has 1 amide bonds. The summed E-state index contributed by atoms with van der Waals surface area (Å²) in [5, 5.41) is 3.89. The molecule has 160 valence electrons. The molecular weight excluding hydrogens is 405 g/mol. The van der Waals surface area contributed by atoms with Crippen molar-refractivity contribution in [3.63, 3.8) is 0 Å². The van der Waals surface area contributed by atoms with E-state index in [4.69, 9.17) is 5.73 Å². The van der Waals surface area contributed by atoms with Gasteiger partial charge in [0.2, 0.25) is 0 Å². The summed E-state index contributed by atoms with van der Waals surface area (Å²) in [4.78, 5) is 14.5. The van der Waals surface area contributed by atoms with Gasteiger partial charge < -0.3 is 10.6 Å². The average molecular weight is 431 g/mol. The molecule has 0 radical (unpaired) electrons. The Morgan fingerprint density at radius 3 is 2.31 bits per heavy atom. The van der Waals surface area contributed by atoms with Gasteiger partial charge in [-0.2, -0.15) is 18.3 Å². The van der Waals surface area contributed by atoms with Crippen molar-refractivity contribution in [2.75, 3.05) is 19.6 Å². The number of hydrogen-bond acceptors (Lipinski definition) is 3. The molecule has 1 aliphatic rings. The largest absolute Gasteiger partial charge is 0.433 e. The van der Waals surface area contributed by atoms with Crippen LogP contribution in [0.25, 0.3) is 0 Å². The van der Waals surface area contributed by atoms with E-state index in [-0.39, 0.29) is 24.2 Å². The second-order valence-corrected chi connectivity index (χ2v) is 8.21. The number of carbonyl (C=O) groups excluding carboxylic acids is 1. The topological polar surface area (TPSA) is 64.2 Å². The Balaban J connectivity index is 0.00000300. The summed E-state index contributed by atoms with van der Waals surface area (Å²) >= 11 is 0. The molecule has 2 heterocycles. The monoisotopic (exact) mass is 430 g/mol. The molecule has 2 aromatic rings. The van der Waals surface area contributed by atoms with Gasteiger partial charge in [0.05, 0.1) is 17.3 Å². The summed E-state index contributed by atoms with van der Waals surface area (Å²) in [6.07, 6.45) is -3.65. The van der Waals surface area contributed by atoms with Crippen LogP contribution in [-0.4, -0.2) is 40.2 Å². The number of hydrogen-bond donors (Lipinski definition) is 1. The van der Waals surface area contributed by atoms with Crippen LogP contribution < -0.4 is 5.73 Å². The van der Waals surface area contributed by atoms with E-state index in [9.17, 15) is 18.0 Å². The fourth-order valence-corrected chi connectivity index (χ4v) is 3.81. The van der Waals surface area contributed by atoms with Crippen molar-refractivity contribution in [1.82, 2.24) is 14.7 Å². The highest BCUT2D eigenvalue weighted by Gasteiger charge is 2.44. The van der Waals surface area contributed by atoms with Crippen molar-refractivity contribution < 1.29 is 18.0 Å². The van der Waals surface area contributed by atoms with Crippen molar-refractivity contribution in [3.05, 3.63) is 53.3 Å². The maximum Gasteiger partial charge on any atom is 0.433 e. The third-order valence-corrected chi connectivity index (χ3v) is 5.16. The highest BCUT2D eigenvalue weighted by atomic mass is 35.5. The molecule has 0 bridgehead atoms. The average Bonchev–Trinajstić information content (AvgIpc) is 3.26. The maximum absolute atomic E-state index is 13.8. The molecule has 3 rings (SSSR count). The standard InChI is InChI=1S/C20H25F3N4O.ClH/c1-19(2,3)27-17(20(21,22)23)15(10-25-27)18(28)26-11-14(9-24)16(12-26)13-7-5-4-6-8-13;/h4-8,10,14,16H,9,11-12,24H2,1-3H3;1H/t14-,16+;/m1./s1. The van der Waals surface area contributed by atoms with E-state index in [1.807, 2.05) is 30.3 Å². The summed E-state index contributed by atoms with van der Waals surface area (Å²) in [7, 11) is 0. The zero-order valence-electron chi connectivity index (χ0n) is 16.6. The Morgan fingerprint density at radius 2 is 1.79 bits per heavy atom. The van der Waals surface area contributed by atoms with Gasteiger partial charge in [0.15, 0.2) is 5.69 Å². The zero-order chi connectivity index (χ0) is 20.7. The van der Waals surface area contributed by atoms with E-state index in [1.54, 1.807) is 20.8 Å². The lowest BCUT2D eigenvalue weighted by Crippen LogP contribution is -2.33. The number of benzene rings is 1. The molecule has 1 aromatic carbocycles. The molecule has 2 N–H and O–H groups in total. The first kappa shape index (κ1) is 23.2. The number of alkyl halides is 3. The highest BCUT2D eigenvalue weighted by Crippen LogP contribution is 2.37. The second kappa shape index (κ2) is 8.36. The van der Waals surface area contributed by atoms with E-state index in [2.05, 4.69) is 5.10 Å². The zero-order valence-corrected chi connectivity index (χ0v) is 17.4. The van der Waals surface area contributed by atoms with Gasteiger partial charge in [-0.15, -0.1) is 12.4 Å². The van der Waals surface area contributed by atoms with E-state index < -0.39 is 28.9 Å². The van der Waals surface area contributed by atoms with E-state index in [0.717, 1.165) is 16.4 Å². The van der Waals surface area contributed by atoms with Gasteiger partial charge in [-0.1, -0.05) is 30.3 Å². The lowest BCUT2D eigenvalue weighted by Gasteiger charge is -2.24. The van der Waals surface area contributed by atoms with Crippen molar-refractivity contribution in [2.45, 2.75) is 38.4 Å². The minimum absolute atomic E-state index is 0. The van der Waals surface area contributed by atoms with Crippen LogP contribution in [0.5, 0.6) is 0 Å². The first-order valence-corrected chi connectivity index (χ1v) is 9.24. The molecule has 0 aliphatic carbocycles. The molecule has 0 saturated carbocycles. The Morgan fingerprint density at radius 1 is 1.17 bits per heavy atom. The van der Waals surface area contributed by atoms with Crippen molar-refractivity contribution in [2.24, 2.45) is 11.7 Å². The predicted molar refractivity (Wildman–Crippen MR) is 107 cm³/mol. The van der Waals surface area contributed by atoms with Gasteiger partial charge in [0.1, 0.15) is 0 Å². The van der Waals surface area contributed by atoms with Crippen molar-refractivity contribution in [1.29, 1.82) is 0 Å². The summed E-state index contributed by atoms with van der Waals surface area (Å²) < 4.78 is 42.1. The van der Waals surface area contributed by atoms with Crippen LogP contribution >= 0.6 is 12.4 Å². The number of halogens is 4. The molecule has 0 unspecified atom stereocenters. The number of nitrogens with two attached hydrogens (primary N) is 1. The third kappa shape index (κ3) is 4.59. The molecule has 1 saturated heterocycles. The molecule has 5 nitrogen and oxygen atoms in total. The third-order valence-electron chi connectivity index (χ3n) is 5.16. The Hall–Kier alpha value is -2.06. The Bertz CT molecular complexity index is 846. The second-order valence-electron chi connectivity index (χ2n) is 8.21. The lowest BCUT2D eigenvalue weighted by atomic mass is 9.89. The van der Waals surface area contributed by atoms with Crippen LogP contribution in [0.1, 0.15) is 48.3 Å². The molecule has 29 heavy (non-hydrogen) atoms. The molecule has 0 spiro atoms. The minimum atomic E-state index is -4.68. The first-order valence-electron chi connectivity index (χ1n) is 9.24. The number of aromatic nitrogens is 2. The van der Waals surface area contributed by atoms with Crippen LogP contribution in [0.15, 0.2) is 36.5 Å². The lowest BCUT2D eigenvalue weighted by molar-refractivity contribution is -0.146. The van der Waals surface area contributed by atoms with Gasteiger partial charge >= 0.3 is 6.18 Å². The fourth-order valence-electron chi connectivity index (χ4n) is 3.81. The Kier molecular flexibility index (Phi) is 6.69. The SMILES string of the molecule is CC(C)(C)n1ncc(C(=O)N2C[C@@H](CN)[C@H](c3ccccc3)C2)c1C(F)(F)F.Cl. The van der Waals surface area contributed by atoms with Gasteiger partial charge in [-0.05, 0) is 38.8 Å². The number of rotatable bonds is 3. The van der Waals surface area contributed by atoms with Crippen LogP contribution in [0, 0.1) is 5.92 Å². The number of carbonyl (C=O) groups is 1. The smallest absolute Gasteiger partial charge is 0.338 e. The number of likely N-dealkylation sites (tertiary alicyclic amines) is 1. The van der Waals surface area contributed by atoms with Crippen LogP contribution in [0.3, 0.4) is 0 Å². The number of nitrogens with zero attached hydrogens (tertiary/aromatic N) is 3. The highest BCUT2D eigenvalue weighted by molar-refractivity contribution is 5.95. The predicted octanol–water partition coefficient (Wildman–Crippen LogP) is 3.89. The first-order chi connectivity index (χ1) is 13.0. The van der Waals surface area contributed by atoms with E-state index in [1.165, 1.54) is 4.90 Å². The van der Waals surface area contributed by atoms with Gasteiger partial charge in [-0.25, -0.2) is 0 Å². The molecule has 2 atom stereocenters. The summed E-state index contributed by atoms with van der Waals surface area (Å²) in [5.74, 6) is -0.653. The van der Waals surface area contributed by atoms with E-state index in [0.29, 0.717) is 19.6 Å².